The normalized spacial score (nSPS) is 9.71. The molecule has 0 bridgehead atoms. The Balaban J connectivity index is 3.02. The van der Waals surface area contributed by atoms with Crippen molar-refractivity contribution in [2.24, 2.45) is 5.92 Å². The monoisotopic (exact) mass is 189 g/mol. The van der Waals surface area contributed by atoms with Gasteiger partial charge in [-0.3, -0.25) is 0 Å². The molecule has 0 unspecified atom stereocenters. The maximum atomic E-state index is 8.94. The summed E-state index contributed by atoms with van der Waals surface area (Å²) < 4.78 is 0. The van der Waals surface area contributed by atoms with Crippen LogP contribution in [0, 0.1) is 17.8 Å². The predicted octanol–water partition coefficient (Wildman–Crippen LogP) is 1.77. The third-order valence-electron chi connectivity index (χ3n) is 1.80. The van der Waals surface area contributed by atoms with Crippen molar-refractivity contribution < 1.29 is 5.11 Å². The lowest BCUT2D eigenvalue weighted by Gasteiger charge is -2.01. The minimum absolute atomic E-state index is 0.0244. The number of hydrogen-bond donors (Lipinski definition) is 2. The minimum Gasteiger partial charge on any atom is -0.398 e. The van der Waals surface area contributed by atoms with E-state index in [1.54, 1.807) is 12.1 Å². The van der Waals surface area contributed by atoms with Crippen LogP contribution in [0.1, 0.15) is 25.0 Å². The first-order chi connectivity index (χ1) is 6.63. The fourth-order valence-electron chi connectivity index (χ4n) is 1.03. The van der Waals surface area contributed by atoms with Crippen molar-refractivity contribution in [1.82, 2.24) is 0 Å². The molecule has 0 aliphatic carbocycles. The van der Waals surface area contributed by atoms with Gasteiger partial charge in [0.05, 0.1) is 6.61 Å². The first kappa shape index (κ1) is 10.6. The molecule has 14 heavy (non-hydrogen) atoms. The van der Waals surface area contributed by atoms with Gasteiger partial charge in [-0.15, -0.1) is 0 Å². The van der Waals surface area contributed by atoms with Crippen molar-refractivity contribution in [3.63, 3.8) is 0 Å². The molecule has 0 spiro atoms. The molecule has 0 aromatic heterocycles. The molecular formula is C12H15NO. The second-order valence-electron chi connectivity index (χ2n) is 3.50. The smallest absolute Gasteiger partial charge is 0.0682 e. The van der Waals surface area contributed by atoms with Crippen LogP contribution < -0.4 is 5.73 Å². The Hall–Kier alpha value is -1.46. The molecule has 2 nitrogen and oxygen atoms in total. The van der Waals surface area contributed by atoms with Crippen molar-refractivity contribution in [2.45, 2.75) is 20.5 Å². The number of aliphatic hydroxyl groups excluding tert-OH is 1. The highest BCUT2D eigenvalue weighted by molar-refractivity contribution is 5.57. The Morgan fingerprint density at radius 3 is 2.71 bits per heavy atom. The molecular weight excluding hydrogens is 174 g/mol. The predicted molar refractivity (Wildman–Crippen MR) is 58.5 cm³/mol. The highest BCUT2D eigenvalue weighted by Crippen LogP contribution is 2.13. The highest BCUT2D eigenvalue weighted by Gasteiger charge is 1.97. The maximum Gasteiger partial charge on any atom is 0.0682 e. The molecule has 0 radical (unpaired) electrons. The number of benzene rings is 1. The van der Waals surface area contributed by atoms with Gasteiger partial charge in [0.1, 0.15) is 0 Å². The largest absolute Gasteiger partial charge is 0.398 e. The van der Waals surface area contributed by atoms with E-state index in [2.05, 4.69) is 11.8 Å². The van der Waals surface area contributed by atoms with Crippen molar-refractivity contribution in [1.29, 1.82) is 0 Å². The summed E-state index contributed by atoms with van der Waals surface area (Å²) in [5.41, 5.74) is 8.05. The Bertz CT molecular complexity index is 372. The number of hydrogen-bond acceptors (Lipinski definition) is 2. The molecule has 0 saturated heterocycles. The first-order valence-electron chi connectivity index (χ1n) is 4.64. The minimum atomic E-state index is 0.0244. The van der Waals surface area contributed by atoms with Gasteiger partial charge in [-0.1, -0.05) is 31.8 Å². The number of nitrogens with two attached hydrogens (primary N) is 1. The molecule has 2 heteroatoms. The second-order valence-corrected chi connectivity index (χ2v) is 3.50. The fraction of sp³-hybridized carbons (Fsp3) is 0.333. The SMILES string of the molecule is CC(C)C#Cc1cc(CO)ccc1N. The summed E-state index contributed by atoms with van der Waals surface area (Å²) in [7, 11) is 0. The van der Waals surface area contributed by atoms with Crippen LogP contribution in [-0.2, 0) is 6.61 Å². The van der Waals surface area contributed by atoms with Crippen LogP contribution in [0.3, 0.4) is 0 Å². The van der Waals surface area contributed by atoms with E-state index in [1.807, 2.05) is 19.9 Å². The summed E-state index contributed by atoms with van der Waals surface area (Å²) in [6.45, 7) is 4.08. The van der Waals surface area contributed by atoms with Crippen LogP contribution in [0.25, 0.3) is 0 Å². The molecule has 0 atom stereocenters. The van der Waals surface area contributed by atoms with E-state index in [0.29, 0.717) is 11.6 Å². The zero-order valence-corrected chi connectivity index (χ0v) is 8.54. The van der Waals surface area contributed by atoms with Gasteiger partial charge in [0.15, 0.2) is 0 Å². The molecule has 1 aromatic rings. The van der Waals surface area contributed by atoms with E-state index in [0.717, 1.165) is 11.1 Å². The molecule has 3 N–H and O–H groups in total. The average Bonchev–Trinajstić information content (AvgIpc) is 2.16. The van der Waals surface area contributed by atoms with Gasteiger partial charge >= 0.3 is 0 Å². The molecule has 0 saturated carbocycles. The van der Waals surface area contributed by atoms with Crippen LogP contribution in [0.2, 0.25) is 0 Å². The third kappa shape index (κ3) is 2.79. The molecule has 74 valence electrons. The molecule has 0 amide bonds. The standard InChI is InChI=1S/C12H15NO/c1-9(2)3-5-11-7-10(8-14)4-6-12(11)13/h4,6-7,9,14H,8,13H2,1-2H3. The van der Waals surface area contributed by atoms with Gasteiger partial charge in [-0.25, -0.2) is 0 Å². The highest BCUT2D eigenvalue weighted by atomic mass is 16.3. The fourth-order valence-corrected chi connectivity index (χ4v) is 1.03. The quantitative estimate of drug-likeness (QED) is 0.522. The number of anilines is 1. The summed E-state index contributed by atoms with van der Waals surface area (Å²) in [6, 6.07) is 5.40. The zero-order chi connectivity index (χ0) is 10.6. The summed E-state index contributed by atoms with van der Waals surface area (Å²) in [4.78, 5) is 0. The zero-order valence-electron chi connectivity index (χ0n) is 8.54. The summed E-state index contributed by atoms with van der Waals surface area (Å²) in [5.74, 6) is 6.37. The van der Waals surface area contributed by atoms with Gasteiger partial charge in [0.25, 0.3) is 0 Å². The molecule has 0 fully saturated rings. The number of aliphatic hydroxyl groups is 1. The van der Waals surface area contributed by atoms with Crippen LogP contribution in [0.15, 0.2) is 18.2 Å². The van der Waals surface area contributed by atoms with Crippen molar-refractivity contribution in [3.05, 3.63) is 29.3 Å². The molecule has 0 heterocycles. The number of rotatable bonds is 1. The number of nitrogen functional groups attached to an aromatic ring is 1. The summed E-state index contributed by atoms with van der Waals surface area (Å²) >= 11 is 0. The van der Waals surface area contributed by atoms with E-state index in [1.165, 1.54) is 0 Å². The van der Waals surface area contributed by atoms with Gasteiger partial charge < -0.3 is 10.8 Å². The lowest BCUT2D eigenvalue weighted by Crippen LogP contribution is -1.93. The molecule has 1 rings (SSSR count). The molecule has 1 aromatic carbocycles. The average molecular weight is 189 g/mol. The van der Waals surface area contributed by atoms with Crippen molar-refractivity contribution in [2.75, 3.05) is 5.73 Å². The van der Waals surface area contributed by atoms with Crippen molar-refractivity contribution in [3.8, 4) is 11.8 Å². The van der Waals surface area contributed by atoms with E-state index in [4.69, 9.17) is 10.8 Å². The van der Waals surface area contributed by atoms with Crippen LogP contribution in [0.4, 0.5) is 5.69 Å². The maximum absolute atomic E-state index is 8.94. The Kier molecular flexibility index (Phi) is 3.55. The van der Waals surface area contributed by atoms with E-state index >= 15 is 0 Å². The second kappa shape index (κ2) is 4.69. The van der Waals surface area contributed by atoms with Crippen LogP contribution in [-0.4, -0.2) is 5.11 Å². The summed E-state index contributed by atoms with van der Waals surface area (Å²) in [5, 5.41) is 8.94. The van der Waals surface area contributed by atoms with E-state index in [-0.39, 0.29) is 6.61 Å². The van der Waals surface area contributed by atoms with Gasteiger partial charge in [-0.2, -0.15) is 0 Å². The topological polar surface area (TPSA) is 46.2 Å². The van der Waals surface area contributed by atoms with Crippen LogP contribution in [0.5, 0.6) is 0 Å². The lowest BCUT2D eigenvalue weighted by molar-refractivity contribution is 0.282. The van der Waals surface area contributed by atoms with Gasteiger partial charge in [0, 0.05) is 17.2 Å². The van der Waals surface area contributed by atoms with Gasteiger partial charge in [-0.05, 0) is 17.7 Å². The Morgan fingerprint density at radius 2 is 2.14 bits per heavy atom. The third-order valence-corrected chi connectivity index (χ3v) is 1.80. The first-order valence-corrected chi connectivity index (χ1v) is 4.64. The lowest BCUT2D eigenvalue weighted by atomic mass is 10.1. The van der Waals surface area contributed by atoms with E-state index < -0.39 is 0 Å². The van der Waals surface area contributed by atoms with E-state index in [9.17, 15) is 0 Å². The van der Waals surface area contributed by atoms with Gasteiger partial charge in [0.2, 0.25) is 0 Å². The molecule has 0 aliphatic heterocycles. The Labute approximate surface area is 84.8 Å². The summed E-state index contributed by atoms with van der Waals surface area (Å²) in [6.07, 6.45) is 0. The molecule has 0 aliphatic rings. The van der Waals surface area contributed by atoms with Crippen LogP contribution >= 0.6 is 0 Å². The van der Waals surface area contributed by atoms with Crippen molar-refractivity contribution >= 4 is 5.69 Å². The Morgan fingerprint density at radius 1 is 1.43 bits per heavy atom.